The number of thiophene rings is 1. The van der Waals surface area contributed by atoms with E-state index in [1.54, 1.807) is 24.3 Å². The van der Waals surface area contributed by atoms with E-state index in [1.807, 2.05) is 31.2 Å². The van der Waals surface area contributed by atoms with Gasteiger partial charge < -0.3 is 10.6 Å². The Morgan fingerprint density at radius 3 is 2.48 bits per heavy atom. The van der Waals surface area contributed by atoms with E-state index in [0.717, 1.165) is 36.1 Å². The van der Waals surface area contributed by atoms with Crippen LogP contribution in [0, 0.1) is 18.3 Å². The Kier molecular flexibility index (Phi) is 6.64. The molecule has 6 heteroatoms. The van der Waals surface area contributed by atoms with Gasteiger partial charge in [0.25, 0.3) is 11.8 Å². The summed E-state index contributed by atoms with van der Waals surface area (Å²) in [6.07, 6.45) is 2.76. The van der Waals surface area contributed by atoms with Crippen LogP contribution in [0.4, 0.5) is 10.7 Å². The van der Waals surface area contributed by atoms with Crippen molar-refractivity contribution >= 4 is 45.4 Å². The first-order valence-electron chi connectivity index (χ1n) is 11.2. The number of anilines is 2. The number of carbonyl (C=O) groups excluding carboxylic acids is 2. The molecule has 4 rings (SSSR count). The van der Waals surface area contributed by atoms with Crippen LogP contribution in [0.15, 0.2) is 48.5 Å². The third kappa shape index (κ3) is 5.15. The number of carbonyl (C=O) groups is 2. The van der Waals surface area contributed by atoms with E-state index < -0.39 is 0 Å². The molecule has 1 aliphatic rings. The van der Waals surface area contributed by atoms with Crippen molar-refractivity contribution in [3.8, 4) is 0 Å². The molecule has 0 spiro atoms. The molecular formula is C27H29ClN2O2S. The van der Waals surface area contributed by atoms with Gasteiger partial charge >= 0.3 is 0 Å². The number of halogens is 1. The lowest BCUT2D eigenvalue weighted by Crippen LogP contribution is -2.27. The summed E-state index contributed by atoms with van der Waals surface area (Å²) in [5.74, 6) is 0.0291. The van der Waals surface area contributed by atoms with E-state index in [4.69, 9.17) is 11.6 Å². The Bertz CT molecular complexity index is 1210. The van der Waals surface area contributed by atoms with Crippen molar-refractivity contribution in [3.63, 3.8) is 0 Å². The molecular weight excluding hydrogens is 452 g/mol. The number of aryl methyl sites for hydroxylation is 1. The van der Waals surface area contributed by atoms with Crippen molar-refractivity contribution in [1.29, 1.82) is 0 Å². The number of rotatable bonds is 4. The summed E-state index contributed by atoms with van der Waals surface area (Å²) in [4.78, 5) is 27.7. The van der Waals surface area contributed by atoms with Gasteiger partial charge in [-0.2, -0.15) is 0 Å². The zero-order valence-corrected chi connectivity index (χ0v) is 21.0. The van der Waals surface area contributed by atoms with Gasteiger partial charge in [0.2, 0.25) is 0 Å². The van der Waals surface area contributed by atoms with Crippen LogP contribution in [0.2, 0.25) is 5.02 Å². The van der Waals surface area contributed by atoms with Gasteiger partial charge in [-0.1, -0.05) is 56.6 Å². The summed E-state index contributed by atoms with van der Waals surface area (Å²) in [5, 5.41) is 6.99. The largest absolute Gasteiger partial charge is 0.322 e. The molecule has 2 N–H and O–H groups in total. The summed E-state index contributed by atoms with van der Waals surface area (Å²) in [6, 6.07) is 14.7. The molecule has 2 amide bonds. The lowest BCUT2D eigenvalue weighted by molar-refractivity contribution is 0.102. The average Bonchev–Trinajstić information content (AvgIpc) is 3.10. The van der Waals surface area contributed by atoms with Gasteiger partial charge in [0.1, 0.15) is 5.00 Å². The molecule has 4 nitrogen and oxygen atoms in total. The lowest BCUT2D eigenvalue weighted by Gasteiger charge is -2.33. The topological polar surface area (TPSA) is 58.2 Å². The van der Waals surface area contributed by atoms with Gasteiger partial charge in [0.15, 0.2) is 0 Å². The fraction of sp³-hybridized carbons (Fsp3) is 0.333. The predicted molar refractivity (Wildman–Crippen MR) is 138 cm³/mol. The van der Waals surface area contributed by atoms with Crippen molar-refractivity contribution in [2.24, 2.45) is 11.3 Å². The molecule has 2 aromatic carbocycles. The number of hydrogen-bond acceptors (Lipinski definition) is 3. The zero-order valence-electron chi connectivity index (χ0n) is 19.4. The minimum atomic E-state index is -0.309. The second-order valence-electron chi connectivity index (χ2n) is 9.77. The molecule has 33 heavy (non-hydrogen) atoms. The molecule has 0 saturated carbocycles. The second kappa shape index (κ2) is 9.32. The van der Waals surface area contributed by atoms with Crippen LogP contribution < -0.4 is 10.6 Å². The maximum absolute atomic E-state index is 13.5. The molecule has 0 radical (unpaired) electrons. The van der Waals surface area contributed by atoms with Gasteiger partial charge in [-0.15, -0.1) is 11.3 Å². The Labute approximate surface area is 204 Å². The second-order valence-corrected chi connectivity index (χ2v) is 11.3. The van der Waals surface area contributed by atoms with Crippen LogP contribution in [0.5, 0.6) is 0 Å². The van der Waals surface area contributed by atoms with Crippen molar-refractivity contribution < 1.29 is 9.59 Å². The quantitative estimate of drug-likeness (QED) is 0.409. The van der Waals surface area contributed by atoms with Crippen LogP contribution >= 0.6 is 22.9 Å². The highest BCUT2D eigenvalue weighted by atomic mass is 35.5. The predicted octanol–water partition coefficient (Wildman–Crippen LogP) is 7.37. The Morgan fingerprint density at radius 1 is 1.03 bits per heavy atom. The number of hydrogen-bond donors (Lipinski definition) is 2. The van der Waals surface area contributed by atoms with E-state index in [2.05, 4.69) is 31.4 Å². The van der Waals surface area contributed by atoms with Crippen molar-refractivity contribution in [1.82, 2.24) is 0 Å². The van der Waals surface area contributed by atoms with Crippen molar-refractivity contribution in [2.75, 3.05) is 10.6 Å². The summed E-state index contributed by atoms with van der Waals surface area (Å²) >= 11 is 7.76. The van der Waals surface area contributed by atoms with Crippen molar-refractivity contribution in [3.05, 3.63) is 80.7 Å². The number of amides is 2. The fourth-order valence-corrected chi connectivity index (χ4v) is 5.93. The minimum Gasteiger partial charge on any atom is -0.322 e. The molecule has 0 unspecified atom stereocenters. The molecule has 1 aliphatic carbocycles. The average molecular weight is 481 g/mol. The number of fused-ring (bicyclic) bond motifs is 1. The highest BCUT2D eigenvalue weighted by molar-refractivity contribution is 7.17. The maximum atomic E-state index is 13.5. The highest BCUT2D eigenvalue weighted by Crippen LogP contribution is 2.44. The zero-order chi connectivity index (χ0) is 23.8. The lowest BCUT2D eigenvalue weighted by atomic mass is 9.72. The van der Waals surface area contributed by atoms with Crippen LogP contribution in [0.25, 0.3) is 0 Å². The van der Waals surface area contributed by atoms with Crippen LogP contribution in [-0.2, 0) is 12.8 Å². The smallest absolute Gasteiger partial charge is 0.258 e. The number of benzene rings is 2. The molecule has 3 aromatic rings. The summed E-state index contributed by atoms with van der Waals surface area (Å²) in [6.45, 7) is 8.79. The maximum Gasteiger partial charge on any atom is 0.258 e. The fourth-order valence-electron chi connectivity index (χ4n) is 4.39. The summed E-state index contributed by atoms with van der Waals surface area (Å²) < 4.78 is 0. The molecule has 0 fully saturated rings. The highest BCUT2D eigenvalue weighted by Gasteiger charge is 2.34. The standard InChI is InChI=1S/C27H29ClN2O2S/c1-16-8-7-9-18(14-16)29-25(32)23-20-13-12-17(27(2,3)4)15-22(20)33-26(23)30-24(31)19-10-5-6-11-21(19)28/h5-11,14,17H,12-13,15H2,1-4H3,(H,29,32)(H,30,31)/t17-/m1/s1. The molecule has 172 valence electrons. The third-order valence-electron chi connectivity index (χ3n) is 6.34. The molecule has 0 aliphatic heterocycles. The van der Waals surface area contributed by atoms with Gasteiger partial charge in [-0.3, -0.25) is 9.59 Å². The van der Waals surface area contributed by atoms with Gasteiger partial charge in [-0.25, -0.2) is 0 Å². The minimum absolute atomic E-state index is 0.187. The molecule has 1 aromatic heterocycles. The molecule has 0 saturated heterocycles. The van der Waals surface area contributed by atoms with Gasteiger partial charge in [0.05, 0.1) is 16.1 Å². The third-order valence-corrected chi connectivity index (χ3v) is 7.84. The first-order valence-corrected chi connectivity index (χ1v) is 12.4. The van der Waals surface area contributed by atoms with E-state index in [1.165, 1.54) is 16.2 Å². The Hall–Kier alpha value is -2.63. The molecule has 1 heterocycles. The summed E-state index contributed by atoms with van der Waals surface area (Å²) in [5.41, 5.74) is 4.02. The Morgan fingerprint density at radius 2 is 1.79 bits per heavy atom. The molecule has 1 atom stereocenters. The van der Waals surface area contributed by atoms with Gasteiger partial charge in [0, 0.05) is 10.6 Å². The van der Waals surface area contributed by atoms with Crippen LogP contribution in [0.3, 0.4) is 0 Å². The first kappa shape index (κ1) is 23.5. The summed E-state index contributed by atoms with van der Waals surface area (Å²) in [7, 11) is 0. The van der Waals surface area contributed by atoms with E-state index in [0.29, 0.717) is 27.1 Å². The van der Waals surface area contributed by atoms with Gasteiger partial charge in [-0.05, 0) is 72.9 Å². The van der Waals surface area contributed by atoms with E-state index in [9.17, 15) is 9.59 Å². The number of nitrogens with one attached hydrogen (secondary N) is 2. The SMILES string of the molecule is Cc1cccc(NC(=O)c2c(NC(=O)c3ccccc3Cl)sc3c2CC[C@@H](C(C)(C)C)C3)c1. The van der Waals surface area contributed by atoms with Crippen LogP contribution in [0.1, 0.15) is 63.9 Å². The van der Waals surface area contributed by atoms with E-state index >= 15 is 0 Å². The first-order chi connectivity index (χ1) is 15.6. The van der Waals surface area contributed by atoms with Crippen LogP contribution in [-0.4, -0.2) is 11.8 Å². The monoisotopic (exact) mass is 480 g/mol. The van der Waals surface area contributed by atoms with Crippen molar-refractivity contribution in [2.45, 2.75) is 47.0 Å². The molecule has 0 bridgehead atoms. The van der Waals surface area contributed by atoms with E-state index in [-0.39, 0.29) is 17.2 Å². The normalized spacial score (nSPS) is 15.6. The Balaban J connectivity index is 1.70.